The molecule has 0 atom stereocenters. The van der Waals surface area contributed by atoms with Crippen LogP contribution < -0.4 is 15.8 Å². The van der Waals surface area contributed by atoms with Crippen molar-refractivity contribution in [3.63, 3.8) is 0 Å². The Labute approximate surface area is 181 Å². The number of carbonyl (C=O) groups excluding carboxylic acids is 2. The molecule has 4 aromatic rings. The first-order chi connectivity index (χ1) is 14.5. The average Bonchev–Trinajstić information content (AvgIpc) is 3.38. The summed E-state index contributed by atoms with van der Waals surface area (Å²) in [7, 11) is 0. The molecule has 0 aliphatic carbocycles. The summed E-state index contributed by atoms with van der Waals surface area (Å²) in [5.41, 5.74) is 6.99. The lowest BCUT2D eigenvalue weighted by Gasteiger charge is -2.07. The van der Waals surface area contributed by atoms with Gasteiger partial charge in [0.25, 0.3) is 5.91 Å². The zero-order valence-corrected chi connectivity index (χ0v) is 17.5. The van der Waals surface area contributed by atoms with Crippen LogP contribution in [-0.2, 0) is 0 Å². The molecule has 150 valence electrons. The number of thiophene rings is 1. The molecule has 8 heteroatoms. The Morgan fingerprint density at radius 1 is 0.933 bits per heavy atom. The minimum Gasteiger partial charge on any atom is -0.457 e. The summed E-state index contributed by atoms with van der Waals surface area (Å²) in [5, 5.41) is 5.31. The Morgan fingerprint density at radius 3 is 2.13 bits per heavy atom. The Balaban J connectivity index is 1.39. The van der Waals surface area contributed by atoms with Crippen molar-refractivity contribution in [2.75, 3.05) is 5.32 Å². The second kappa shape index (κ2) is 8.48. The topological polar surface area (TPSA) is 94.3 Å². The van der Waals surface area contributed by atoms with Gasteiger partial charge in [0.15, 0.2) is 5.13 Å². The van der Waals surface area contributed by atoms with Gasteiger partial charge in [0.1, 0.15) is 11.5 Å². The van der Waals surface area contributed by atoms with Crippen molar-refractivity contribution in [3.8, 4) is 22.1 Å². The molecule has 3 N–H and O–H groups in total. The van der Waals surface area contributed by atoms with Crippen molar-refractivity contribution in [2.24, 2.45) is 5.73 Å². The maximum atomic E-state index is 12.5. The minimum absolute atomic E-state index is 0.240. The van der Waals surface area contributed by atoms with Crippen LogP contribution in [0.4, 0.5) is 5.13 Å². The lowest BCUT2D eigenvalue weighted by Crippen LogP contribution is -2.11. The van der Waals surface area contributed by atoms with E-state index in [1.807, 2.05) is 24.4 Å². The molecule has 0 radical (unpaired) electrons. The number of anilines is 1. The fourth-order valence-corrected chi connectivity index (χ4v) is 4.29. The Kier molecular flexibility index (Phi) is 5.60. The molecule has 0 fully saturated rings. The summed E-state index contributed by atoms with van der Waals surface area (Å²) < 4.78 is 5.73. The highest BCUT2D eigenvalue weighted by Gasteiger charge is 2.11. The van der Waals surface area contributed by atoms with Crippen LogP contribution in [0, 0.1) is 6.92 Å². The molecule has 0 saturated heterocycles. The summed E-state index contributed by atoms with van der Waals surface area (Å²) in [5.74, 6) is 0.407. The number of nitrogens with two attached hydrogens (primary N) is 1. The number of rotatable bonds is 6. The van der Waals surface area contributed by atoms with Gasteiger partial charge in [0, 0.05) is 21.4 Å². The van der Waals surface area contributed by atoms with Crippen molar-refractivity contribution >= 4 is 39.6 Å². The van der Waals surface area contributed by atoms with Crippen molar-refractivity contribution in [1.29, 1.82) is 0 Å². The normalized spacial score (nSPS) is 10.6. The number of nitrogens with zero attached hydrogens (tertiary/aromatic N) is 1. The predicted octanol–water partition coefficient (Wildman–Crippen LogP) is 5.32. The van der Waals surface area contributed by atoms with Gasteiger partial charge in [-0.2, -0.15) is 0 Å². The van der Waals surface area contributed by atoms with Crippen molar-refractivity contribution in [2.45, 2.75) is 6.92 Å². The molecule has 0 aliphatic rings. The Bertz CT molecular complexity index is 1200. The number of thiazole rings is 1. The Morgan fingerprint density at radius 2 is 1.57 bits per heavy atom. The van der Waals surface area contributed by atoms with E-state index in [0.29, 0.717) is 27.8 Å². The number of primary amides is 1. The first-order valence-electron chi connectivity index (χ1n) is 8.99. The van der Waals surface area contributed by atoms with Crippen molar-refractivity contribution in [1.82, 2.24) is 4.98 Å². The molecular weight excluding hydrogens is 418 g/mol. The summed E-state index contributed by atoms with van der Waals surface area (Å²) in [6, 6.07) is 17.4. The summed E-state index contributed by atoms with van der Waals surface area (Å²) >= 11 is 3.06. The van der Waals surface area contributed by atoms with Crippen LogP contribution in [0.1, 0.15) is 25.6 Å². The molecule has 2 heterocycles. The van der Waals surface area contributed by atoms with Crippen LogP contribution in [0.2, 0.25) is 0 Å². The molecule has 6 nitrogen and oxygen atoms in total. The molecule has 0 spiro atoms. The van der Waals surface area contributed by atoms with E-state index in [2.05, 4.69) is 10.3 Å². The van der Waals surface area contributed by atoms with E-state index in [0.717, 1.165) is 10.6 Å². The number of hydrogen-bond donors (Lipinski definition) is 2. The van der Waals surface area contributed by atoms with Gasteiger partial charge >= 0.3 is 0 Å². The second-order valence-electron chi connectivity index (χ2n) is 6.42. The van der Waals surface area contributed by atoms with E-state index in [4.69, 9.17) is 10.5 Å². The van der Waals surface area contributed by atoms with Gasteiger partial charge in [-0.3, -0.25) is 14.9 Å². The minimum atomic E-state index is -0.491. The Hall–Kier alpha value is -3.49. The van der Waals surface area contributed by atoms with Gasteiger partial charge in [-0.15, -0.1) is 22.7 Å². The molecule has 0 unspecified atom stereocenters. The lowest BCUT2D eigenvalue weighted by molar-refractivity contribution is 0.0997. The first kappa shape index (κ1) is 19.8. The van der Waals surface area contributed by atoms with Gasteiger partial charge in [0.05, 0.1) is 10.6 Å². The van der Waals surface area contributed by atoms with Gasteiger partial charge in [-0.25, -0.2) is 4.98 Å². The number of ether oxygens (including phenoxy) is 1. The van der Waals surface area contributed by atoms with E-state index < -0.39 is 5.91 Å². The molecule has 4 rings (SSSR count). The first-order valence-corrected chi connectivity index (χ1v) is 10.7. The van der Waals surface area contributed by atoms with E-state index >= 15 is 0 Å². The zero-order valence-electron chi connectivity index (χ0n) is 15.9. The van der Waals surface area contributed by atoms with Crippen LogP contribution in [0.25, 0.3) is 10.6 Å². The molecule has 0 saturated carbocycles. The average molecular weight is 436 g/mol. The van der Waals surface area contributed by atoms with E-state index in [1.165, 1.54) is 16.2 Å². The van der Waals surface area contributed by atoms with Gasteiger partial charge < -0.3 is 10.5 Å². The standard InChI is InChI=1S/C22H17N3O3S2/c1-13-2-11-19(30-13)18-12-29-22(24-18)25-21(27)15-5-9-17(10-6-15)28-16-7-3-14(4-8-16)20(23)26/h2-12H,1H3,(H2,23,26)(H,24,25,27). The fraction of sp³-hybridized carbons (Fsp3) is 0.0455. The van der Waals surface area contributed by atoms with Crippen LogP contribution >= 0.6 is 22.7 Å². The fourth-order valence-electron chi connectivity index (χ4n) is 2.68. The number of amides is 2. The monoisotopic (exact) mass is 435 g/mol. The zero-order chi connectivity index (χ0) is 21.1. The van der Waals surface area contributed by atoms with Crippen LogP contribution in [0.5, 0.6) is 11.5 Å². The summed E-state index contributed by atoms with van der Waals surface area (Å²) in [6.07, 6.45) is 0. The van der Waals surface area contributed by atoms with Gasteiger partial charge in [-0.1, -0.05) is 0 Å². The predicted molar refractivity (Wildman–Crippen MR) is 120 cm³/mol. The highest BCUT2D eigenvalue weighted by Crippen LogP contribution is 2.30. The van der Waals surface area contributed by atoms with Crippen molar-refractivity contribution in [3.05, 3.63) is 82.0 Å². The number of carbonyl (C=O) groups is 2. The third-order valence-electron chi connectivity index (χ3n) is 4.21. The largest absolute Gasteiger partial charge is 0.457 e. The SMILES string of the molecule is Cc1ccc(-c2csc(NC(=O)c3ccc(Oc4ccc(C(N)=O)cc4)cc3)n2)s1. The van der Waals surface area contributed by atoms with Gasteiger partial charge in [-0.05, 0) is 67.6 Å². The third kappa shape index (κ3) is 4.56. The van der Waals surface area contributed by atoms with E-state index in [-0.39, 0.29) is 5.91 Å². The van der Waals surface area contributed by atoms with E-state index in [9.17, 15) is 9.59 Å². The molecule has 30 heavy (non-hydrogen) atoms. The second-order valence-corrected chi connectivity index (χ2v) is 8.56. The molecule has 2 amide bonds. The summed E-state index contributed by atoms with van der Waals surface area (Å²) in [6.45, 7) is 2.05. The van der Waals surface area contributed by atoms with Crippen molar-refractivity contribution < 1.29 is 14.3 Å². The molecule has 2 aromatic carbocycles. The lowest BCUT2D eigenvalue weighted by atomic mass is 10.2. The third-order valence-corrected chi connectivity index (χ3v) is 5.99. The van der Waals surface area contributed by atoms with Gasteiger partial charge in [0.2, 0.25) is 5.91 Å². The highest BCUT2D eigenvalue weighted by atomic mass is 32.1. The number of benzene rings is 2. The molecule has 0 aliphatic heterocycles. The highest BCUT2D eigenvalue weighted by molar-refractivity contribution is 7.17. The summed E-state index contributed by atoms with van der Waals surface area (Å²) in [4.78, 5) is 30.4. The number of nitrogens with one attached hydrogen (secondary N) is 1. The number of aryl methyl sites for hydroxylation is 1. The quantitative estimate of drug-likeness (QED) is 0.428. The van der Waals surface area contributed by atoms with E-state index in [1.54, 1.807) is 59.9 Å². The number of hydrogen-bond acceptors (Lipinski definition) is 6. The molecule has 0 bridgehead atoms. The number of aromatic nitrogens is 1. The van der Waals surface area contributed by atoms with Crippen LogP contribution in [0.3, 0.4) is 0 Å². The maximum absolute atomic E-state index is 12.5. The van der Waals surface area contributed by atoms with Crippen LogP contribution in [0.15, 0.2) is 66.0 Å². The maximum Gasteiger partial charge on any atom is 0.257 e. The molecular formula is C22H17N3O3S2. The molecule has 2 aromatic heterocycles. The smallest absolute Gasteiger partial charge is 0.257 e. The van der Waals surface area contributed by atoms with Crippen LogP contribution in [-0.4, -0.2) is 16.8 Å².